The zero-order valence-corrected chi connectivity index (χ0v) is 16.8. The molecule has 1 heterocycles. The van der Waals surface area contributed by atoms with Crippen LogP contribution in [0.3, 0.4) is 0 Å². The Labute approximate surface area is 163 Å². The number of rotatable bonds is 6. The van der Waals surface area contributed by atoms with E-state index in [-0.39, 0.29) is 24.9 Å². The summed E-state index contributed by atoms with van der Waals surface area (Å²) in [6.45, 7) is 2.64. The number of hydrogen-bond donors (Lipinski definition) is 2. The third-order valence-electron chi connectivity index (χ3n) is 3.33. The summed E-state index contributed by atoms with van der Waals surface area (Å²) in [6.07, 6.45) is 1.84. The van der Waals surface area contributed by atoms with Crippen molar-refractivity contribution in [2.75, 3.05) is 23.3 Å². The van der Waals surface area contributed by atoms with Gasteiger partial charge < -0.3 is 10.6 Å². The minimum absolute atomic E-state index is 0.0961. The zero-order chi connectivity index (χ0) is 18.2. The first kappa shape index (κ1) is 19.4. The monoisotopic (exact) mass is 468 g/mol. The lowest BCUT2D eigenvalue weighted by Crippen LogP contribution is -2.36. The second kappa shape index (κ2) is 9.53. The summed E-state index contributed by atoms with van der Waals surface area (Å²) in [4.78, 5) is 30.0. The molecule has 0 aliphatic rings. The molecule has 1 aromatic carbocycles. The maximum atomic E-state index is 12.3. The Kier molecular flexibility index (Phi) is 7.39. The van der Waals surface area contributed by atoms with Crippen molar-refractivity contribution in [2.45, 2.75) is 13.3 Å². The largest absolute Gasteiger partial charge is 0.337 e. The molecule has 0 unspecified atom stereocenters. The number of hydrogen-bond acceptors (Lipinski definition) is 3. The number of carbonyl (C=O) groups is 2. The van der Waals surface area contributed by atoms with E-state index < -0.39 is 0 Å². The average molecular weight is 470 g/mol. The van der Waals surface area contributed by atoms with Crippen LogP contribution in [0.2, 0.25) is 0 Å². The van der Waals surface area contributed by atoms with Gasteiger partial charge in [-0.05, 0) is 59.3 Å². The summed E-state index contributed by atoms with van der Waals surface area (Å²) < 4.78 is 1.79. The topological polar surface area (TPSA) is 74.3 Å². The number of carbonyl (C=O) groups excluding carboxylic acids is 2. The summed E-state index contributed by atoms with van der Waals surface area (Å²) in [5, 5.41) is 5.39. The summed E-state index contributed by atoms with van der Waals surface area (Å²) in [5.74, 6) is 0.497. The van der Waals surface area contributed by atoms with Gasteiger partial charge in [0.15, 0.2) is 0 Å². The number of amides is 3. The van der Waals surface area contributed by atoms with Crippen molar-refractivity contribution in [2.24, 2.45) is 0 Å². The standard InChI is InChI=1S/C17H18Br2N4O2/c1-2-23(15-8-5-13(19)11-21-15)16(24)9-10-20-17(25)22-14-6-3-12(18)4-7-14/h3-8,11H,2,9-10H2,1H3,(H2,20,22,25). The summed E-state index contributed by atoms with van der Waals surface area (Å²) in [6, 6.07) is 10.5. The highest BCUT2D eigenvalue weighted by Gasteiger charge is 2.15. The number of halogens is 2. The normalized spacial score (nSPS) is 10.2. The van der Waals surface area contributed by atoms with E-state index in [1.807, 2.05) is 25.1 Å². The van der Waals surface area contributed by atoms with Crippen LogP contribution in [-0.2, 0) is 4.79 Å². The fourth-order valence-electron chi connectivity index (χ4n) is 2.12. The van der Waals surface area contributed by atoms with E-state index in [2.05, 4.69) is 47.5 Å². The molecule has 0 aliphatic carbocycles. The molecule has 0 aliphatic heterocycles. The van der Waals surface area contributed by atoms with Gasteiger partial charge >= 0.3 is 6.03 Å². The lowest BCUT2D eigenvalue weighted by molar-refractivity contribution is -0.118. The Bertz CT molecular complexity index is 720. The van der Waals surface area contributed by atoms with Crippen LogP contribution < -0.4 is 15.5 Å². The van der Waals surface area contributed by atoms with Crippen LogP contribution >= 0.6 is 31.9 Å². The van der Waals surface area contributed by atoms with Gasteiger partial charge in [0.25, 0.3) is 0 Å². The van der Waals surface area contributed by atoms with Crippen LogP contribution in [0, 0.1) is 0 Å². The van der Waals surface area contributed by atoms with Gasteiger partial charge in [-0.25, -0.2) is 9.78 Å². The third kappa shape index (κ3) is 6.13. The fraction of sp³-hybridized carbons (Fsp3) is 0.235. The highest BCUT2D eigenvalue weighted by molar-refractivity contribution is 9.10. The second-order valence-corrected chi connectivity index (χ2v) is 6.94. The number of aromatic nitrogens is 1. The first-order valence-corrected chi connectivity index (χ1v) is 9.30. The molecule has 25 heavy (non-hydrogen) atoms. The number of nitrogens with one attached hydrogen (secondary N) is 2. The molecule has 0 atom stereocenters. The maximum Gasteiger partial charge on any atom is 0.319 e. The van der Waals surface area contributed by atoms with E-state index in [0.717, 1.165) is 8.95 Å². The predicted molar refractivity (Wildman–Crippen MR) is 106 cm³/mol. The lowest BCUT2D eigenvalue weighted by Gasteiger charge is -2.20. The SMILES string of the molecule is CCN(C(=O)CCNC(=O)Nc1ccc(Br)cc1)c1ccc(Br)cn1. The van der Waals surface area contributed by atoms with Crippen LogP contribution in [0.5, 0.6) is 0 Å². The van der Waals surface area contributed by atoms with Crippen molar-refractivity contribution in [1.29, 1.82) is 0 Å². The molecule has 3 amide bonds. The molecule has 0 saturated carbocycles. The van der Waals surface area contributed by atoms with Gasteiger partial charge in [0.1, 0.15) is 5.82 Å². The van der Waals surface area contributed by atoms with Crippen LogP contribution in [0.15, 0.2) is 51.5 Å². The number of nitrogens with zero attached hydrogens (tertiary/aromatic N) is 2. The first-order valence-electron chi connectivity index (χ1n) is 7.72. The van der Waals surface area contributed by atoms with Gasteiger partial charge in [0, 0.05) is 40.3 Å². The average Bonchev–Trinajstić information content (AvgIpc) is 2.59. The number of anilines is 2. The van der Waals surface area contributed by atoms with E-state index in [0.29, 0.717) is 18.1 Å². The molecular formula is C17H18Br2N4O2. The van der Waals surface area contributed by atoms with Crippen molar-refractivity contribution in [1.82, 2.24) is 10.3 Å². The third-order valence-corrected chi connectivity index (χ3v) is 4.33. The van der Waals surface area contributed by atoms with Crippen molar-refractivity contribution in [3.8, 4) is 0 Å². The Hall–Kier alpha value is -1.93. The summed E-state index contributed by atoms with van der Waals surface area (Å²) in [7, 11) is 0. The molecule has 6 nitrogen and oxygen atoms in total. The van der Waals surface area contributed by atoms with Crippen molar-refractivity contribution in [3.63, 3.8) is 0 Å². The molecule has 0 spiro atoms. The van der Waals surface area contributed by atoms with E-state index in [1.165, 1.54) is 0 Å². The fourth-order valence-corrected chi connectivity index (χ4v) is 2.62. The quantitative estimate of drug-likeness (QED) is 0.666. The molecule has 8 heteroatoms. The summed E-state index contributed by atoms with van der Waals surface area (Å²) >= 11 is 6.65. The maximum absolute atomic E-state index is 12.3. The Morgan fingerprint density at radius 3 is 2.36 bits per heavy atom. The van der Waals surface area contributed by atoms with Crippen molar-refractivity contribution < 1.29 is 9.59 Å². The zero-order valence-electron chi connectivity index (χ0n) is 13.6. The van der Waals surface area contributed by atoms with Crippen LogP contribution in [0.25, 0.3) is 0 Å². The van der Waals surface area contributed by atoms with Crippen molar-refractivity contribution >= 4 is 55.3 Å². The van der Waals surface area contributed by atoms with Crippen LogP contribution in [0.1, 0.15) is 13.3 Å². The first-order chi connectivity index (χ1) is 12.0. The molecule has 0 fully saturated rings. The molecule has 2 aromatic rings. The van der Waals surface area contributed by atoms with Gasteiger partial charge in [-0.2, -0.15) is 0 Å². The Morgan fingerprint density at radius 2 is 1.76 bits per heavy atom. The van der Waals surface area contributed by atoms with E-state index in [9.17, 15) is 9.59 Å². The summed E-state index contributed by atoms with van der Waals surface area (Å²) in [5.41, 5.74) is 0.682. The molecule has 0 bridgehead atoms. The molecule has 2 rings (SSSR count). The number of benzene rings is 1. The Morgan fingerprint density at radius 1 is 1.08 bits per heavy atom. The smallest absolute Gasteiger partial charge is 0.319 e. The van der Waals surface area contributed by atoms with Gasteiger partial charge in [0.05, 0.1) is 0 Å². The van der Waals surface area contributed by atoms with Gasteiger partial charge in [0.2, 0.25) is 5.91 Å². The number of urea groups is 1. The lowest BCUT2D eigenvalue weighted by atomic mass is 10.3. The molecule has 132 valence electrons. The molecule has 0 saturated heterocycles. The van der Waals surface area contributed by atoms with Gasteiger partial charge in [-0.3, -0.25) is 9.69 Å². The van der Waals surface area contributed by atoms with E-state index in [4.69, 9.17) is 0 Å². The Balaban J connectivity index is 1.81. The van der Waals surface area contributed by atoms with Crippen molar-refractivity contribution in [3.05, 3.63) is 51.5 Å². The van der Waals surface area contributed by atoms with Gasteiger partial charge in [-0.1, -0.05) is 15.9 Å². The molecular weight excluding hydrogens is 452 g/mol. The minimum Gasteiger partial charge on any atom is -0.337 e. The predicted octanol–water partition coefficient (Wildman–Crippen LogP) is 4.17. The highest BCUT2D eigenvalue weighted by atomic mass is 79.9. The minimum atomic E-state index is -0.347. The van der Waals surface area contributed by atoms with Crippen LogP contribution in [-0.4, -0.2) is 30.0 Å². The number of pyridine rings is 1. The molecule has 1 aromatic heterocycles. The highest BCUT2D eigenvalue weighted by Crippen LogP contribution is 2.16. The van der Waals surface area contributed by atoms with Gasteiger partial charge in [-0.15, -0.1) is 0 Å². The van der Waals surface area contributed by atoms with Crippen LogP contribution in [0.4, 0.5) is 16.3 Å². The molecule has 0 radical (unpaired) electrons. The molecule has 2 N–H and O–H groups in total. The van der Waals surface area contributed by atoms with E-state index in [1.54, 1.807) is 29.3 Å². The van der Waals surface area contributed by atoms with E-state index >= 15 is 0 Å². The second-order valence-electron chi connectivity index (χ2n) is 5.11.